The van der Waals surface area contributed by atoms with E-state index in [1.807, 2.05) is 32.8 Å². The number of anilines is 1. The minimum atomic E-state index is -4.53. The zero-order valence-electron chi connectivity index (χ0n) is 22.9. The van der Waals surface area contributed by atoms with Crippen molar-refractivity contribution in [3.05, 3.63) is 65.2 Å². The fourth-order valence-electron chi connectivity index (χ4n) is 5.35. The number of nitrogens with zero attached hydrogens (tertiary/aromatic N) is 3. The van der Waals surface area contributed by atoms with Crippen LogP contribution in [-0.2, 0) is 15.8 Å². The lowest BCUT2D eigenvalue weighted by atomic mass is 10.0. The fourth-order valence-corrected chi connectivity index (χ4v) is 5.35. The Hall–Kier alpha value is -3.89. The van der Waals surface area contributed by atoms with Crippen LogP contribution in [0.2, 0.25) is 0 Å². The van der Waals surface area contributed by atoms with Gasteiger partial charge in [-0.3, -0.25) is 19.2 Å². The number of benzene rings is 2. The zero-order chi connectivity index (χ0) is 29.4. The highest BCUT2D eigenvalue weighted by atomic mass is 19.4. The Morgan fingerprint density at radius 1 is 0.975 bits per heavy atom. The van der Waals surface area contributed by atoms with Gasteiger partial charge in [-0.15, -0.1) is 0 Å². The van der Waals surface area contributed by atoms with Crippen molar-refractivity contribution in [2.45, 2.75) is 51.0 Å². The molecule has 0 spiro atoms. The number of alkyl halides is 3. The van der Waals surface area contributed by atoms with Crippen LogP contribution in [0.5, 0.6) is 0 Å². The molecular formula is C29H33F3N4O4. The van der Waals surface area contributed by atoms with Crippen molar-refractivity contribution in [2.75, 3.05) is 32.1 Å². The number of hydrogen-bond donors (Lipinski definition) is 1. The third-order valence-electron chi connectivity index (χ3n) is 7.38. The molecule has 0 aliphatic carbocycles. The molecule has 2 aliphatic rings. The summed E-state index contributed by atoms with van der Waals surface area (Å²) in [6.07, 6.45) is -3.82. The number of amides is 3. The average molecular weight is 559 g/mol. The standard InChI is InChI=1S/C29H33F3N4O4/c1-17(2)15-22(33-26(38)18-7-11-21(12-8-18)34(3)4)28(40)35-14-13-23-25(35)24(37)16-36(23)27(39)19-5-9-20(10-6-19)29(30,31)32/h5-12,17,22-23,25H,13-16H2,1-4H3,(H,33,38)/t22-,23?,25-/m0/s1. The smallest absolute Gasteiger partial charge is 0.378 e. The summed E-state index contributed by atoms with van der Waals surface area (Å²) < 4.78 is 38.8. The lowest BCUT2D eigenvalue weighted by Gasteiger charge is -2.29. The Labute approximate surface area is 231 Å². The van der Waals surface area contributed by atoms with Crippen LogP contribution in [-0.4, -0.2) is 78.6 Å². The molecule has 3 atom stereocenters. The van der Waals surface area contributed by atoms with Crippen molar-refractivity contribution < 1.29 is 32.3 Å². The van der Waals surface area contributed by atoms with Crippen molar-refractivity contribution in [2.24, 2.45) is 5.92 Å². The summed E-state index contributed by atoms with van der Waals surface area (Å²) in [5.74, 6) is -1.60. The van der Waals surface area contributed by atoms with Crippen LogP contribution in [0.25, 0.3) is 0 Å². The van der Waals surface area contributed by atoms with Gasteiger partial charge in [0, 0.05) is 37.5 Å². The lowest BCUT2D eigenvalue weighted by molar-refractivity contribution is -0.138. The van der Waals surface area contributed by atoms with E-state index < -0.39 is 47.6 Å². The van der Waals surface area contributed by atoms with E-state index in [0.717, 1.165) is 30.0 Å². The van der Waals surface area contributed by atoms with Gasteiger partial charge in [-0.2, -0.15) is 13.2 Å². The molecular weight excluding hydrogens is 525 g/mol. The second kappa shape index (κ2) is 11.3. The molecule has 1 N–H and O–H groups in total. The molecule has 2 fully saturated rings. The minimum absolute atomic E-state index is 0.0384. The normalized spacial score (nSPS) is 19.6. The number of carbonyl (C=O) groups excluding carboxylic acids is 4. The molecule has 2 heterocycles. The van der Waals surface area contributed by atoms with Gasteiger partial charge >= 0.3 is 6.18 Å². The maximum absolute atomic E-state index is 13.7. The fraction of sp³-hybridized carbons (Fsp3) is 0.448. The summed E-state index contributed by atoms with van der Waals surface area (Å²) >= 11 is 0. The average Bonchev–Trinajstić information content (AvgIpc) is 3.48. The van der Waals surface area contributed by atoms with E-state index in [-0.39, 0.29) is 30.4 Å². The number of hydrogen-bond acceptors (Lipinski definition) is 5. The summed E-state index contributed by atoms with van der Waals surface area (Å²) in [5, 5.41) is 2.83. The summed E-state index contributed by atoms with van der Waals surface area (Å²) in [6, 6.07) is 8.51. The molecule has 2 saturated heterocycles. The second-order valence-electron chi connectivity index (χ2n) is 10.9. The monoisotopic (exact) mass is 558 g/mol. The van der Waals surface area contributed by atoms with E-state index in [1.165, 1.54) is 9.80 Å². The highest BCUT2D eigenvalue weighted by Gasteiger charge is 2.52. The van der Waals surface area contributed by atoms with E-state index in [2.05, 4.69) is 5.32 Å². The van der Waals surface area contributed by atoms with Crippen LogP contribution in [0.15, 0.2) is 48.5 Å². The predicted molar refractivity (Wildman–Crippen MR) is 143 cm³/mol. The van der Waals surface area contributed by atoms with Crippen LogP contribution in [0.4, 0.5) is 18.9 Å². The highest BCUT2D eigenvalue weighted by Crippen LogP contribution is 2.33. The van der Waals surface area contributed by atoms with Gasteiger partial charge in [0.15, 0.2) is 5.78 Å². The largest absolute Gasteiger partial charge is 0.416 e. The Morgan fingerprint density at radius 3 is 2.12 bits per heavy atom. The number of carbonyl (C=O) groups is 4. The van der Waals surface area contributed by atoms with Gasteiger partial charge in [0.05, 0.1) is 18.2 Å². The van der Waals surface area contributed by atoms with E-state index in [0.29, 0.717) is 18.4 Å². The minimum Gasteiger partial charge on any atom is -0.378 e. The first kappa shape index (κ1) is 29.1. The first-order chi connectivity index (χ1) is 18.8. The second-order valence-corrected chi connectivity index (χ2v) is 10.9. The maximum Gasteiger partial charge on any atom is 0.416 e. The van der Waals surface area contributed by atoms with Gasteiger partial charge < -0.3 is 20.0 Å². The number of ketones is 1. The summed E-state index contributed by atoms with van der Waals surface area (Å²) in [4.78, 5) is 57.6. The number of likely N-dealkylation sites (tertiary alicyclic amines) is 2. The molecule has 0 saturated carbocycles. The summed E-state index contributed by atoms with van der Waals surface area (Å²) in [6.45, 7) is 3.84. The quantitative estimate of drug-likeness (QED) is 0.561. The number of Topliss-reactive ketones (excluding diaryl/α,β-unsaturated/α-hetero) is 1. The van der Waals surface area contributed by atoms with Gasteiger partial charge in [0.25, 0.3) is 11.8 Å². The van der Waals surface area contributed by atoms with Crippen molar-refractivity contribution in [3.63, 3.8) is 0 Å². The van der Waals surface area contributed by atoms with Gasteiger partial charge in [0.2, 0.25) is 5.91 Å². The Balaban J connectivity index is 1.49. The number of nitrogens with one attached hydrogen (secondary N) is 1. The Morgan fingerprint density at radius 2 is 1.57 bits per heavy atom. The third kappa shape index (κ3) is 5.97. The number of rotatable bonds is 7. The van der Waals surface area contributed by atoms with Gasteiger partial charge in [-0.25, -0.2) is 0 Å². The van der Waals surface area contributed by atoms with E-state index in [1.54, 1.807) is 24.3 Å². The van der Waals surface area contributed by atoms with Crippen molar-refractivity contribution in [1.82, 2.24) is 15.1 Å². The predicted octanol–water partition coefficient (Wildman–Crippen LogP) is 3.61. The van der Waals surface area contributed by atoms with Crippen LogP contribution < -0.4 is 10.2 Å². The number of halogens is 3. The van der Waals surface area contributed by atoms with Gasteiger partial charge in [-0.05, 0) is 67.3 Å². The van der Waals surface area contributed by atoms with E-state index >= 15 is 0 Å². The highest BCUT2D eigenvalue weighted by molar-refractivity contribution is 6.03. The van der Waals surface area contributed by atoms with Crippen LogP contribution in [0.1, 0.15) is 53.0 Å². The maximum atomic E-state index is 13.7. The van der Waals surface area contributed by atoms with Crippen molar-refractivity contribution in [3.8, 4) is 0 Å². The van der Waals surface area contributed by atoms with E-state index in [4.69, 9.17) is 0 Å². The number of fused-ring (bicyclic) bond motifs is 1. The molecule has 8 nitrogen and oxygen atoms in total. The van der Waals surface area contributed by atoms with E-state index in [9.17, 15) is 32.3 Å². The van der Waals surface area contributed by atoms with Crippen molar-refractivity contribution in [1.29, 1.82) is 0 Å². The summed E-state index contributed by atoms with van der Waals surface area (Å²) in [7, 11) is 3.77. The topological polar surface area (TPSA) is 90.0 Å². The third-order valence-corrected chi connectivity index (χ3v) is 7.38. The molecule has 4 rings (SSSR count). The molecule has 214 valence electrons. The van der Waals surface area contributed by atoms with Crippen LogP contribution >= 0.6 is 0 Å². The lowest BCUT2D eigenvalue weighted by Crippen LogP contribution is -2.53. The molecule has 3 amide bonds. The summed E-state index contributed by atoms with van der Waals surface area (Å²) in [5.41, 5.74) is 0.488. The molecule has 11 heteroatoms. The molecule has 1 unspecified atom stereocenters. The SMILES string of the molecule is CC(C)C[C@H](NC(=O)c1ccc(N(C)C)cc1)C(=O)N1CCC2[C@H]1C(=O)CN2C(=O)c1ccc(C(F)(F)F)cc1. The molecule has 2 aromatic carbocycles. The van der Waals surface area contributed by atoms with Gasteiger partial charge in [-0.1, -0.05) is 13.8 Å². The first-order valence-electron chi connectivity index (χ1n) is 13.2. The molecule has 2 aliphatic heterocycles. The van der Waals surface area contributed by atoms with Crippen LogP contribution in [0, 0.1) is 5.92 Å². The molecule has 2 aromatic rings. The molecule has 0 radical (unpaired) electrons. The Kier molecular flexibility index (Phi) is 8.23. The molecule has 0 aromatic heterocycles. The van der Waals surface area contributed by atoms with Gasteiger partial charge in [0.1, 0.15) is 12.1 Å². The first-order valence-corrected chi connectivity index (χ1v) is 13.2. The van der Waals surface area contributed by atoms with Crippen molar-refractivity contribution >= 4 is 29.2 Å². The Bertz CT molecular complexity index is 1280. The zero-order valence-corrected chi connectivity index (χ0v) is 22.9. The molecule has 0 bridgehead atoms. The van der Waals surface area contributed by atoms with Crippen LogP contribution in [0.3, 0.4) is 0 Å². The molecule has 40 heavy (non-hydrogen) atoms.